The fraction of sp³-hybridized carbons (Fsp3) is 0.0417. The smallest absolute Gasteiger partial charge is 0.306 e. The van der Waals surface area contributed by atoms with Gasteiger partial charge >= 0.3 is 6.03 Å². The van der Waals surface area contributed by atoms with Crippen molar-refractivity contribution in [2.24, 2.45) is 0 Å². The quantitative estimate of drug-likeness (QED) is 0.367. The van der Waals surface area contributed by atoms with E-state index in [4.69, 9.17) is 11.6 Å². The molecule has 0 bridgehead atoms. The second-order valence-electron chi connectivity index (χ2n) is 6.79. The molecule has 3 amide bonds. The van der Waals surface area contributed by atoms with Crippen molar-refractivity contribution in [2.45, 2.75) is 5.16 Å². The first-order chi connectivity index (χ1) is 16.1. The van der Waals surface area contributed by atoms with Crippen molar-refractivity contribution in [3.05, 3.63) is 90.0 Å². The number of nitrogens with one attached hydrogen (secondary N) is 2. The Morgan fingerprint density at radius 2 is 1.39 bits per heavy atom. The fourth-order valence-corrected chi connectivity index (χ4v) is 3.74. The van der Waals surface area contributed by atoms with Crippen LogP contribution < -0.4 is 10.6 Å². The molecule has 0 aliphatic carbocycles. The van der Waals surface area contributed by atoms with Gasteiger partial charge in [-0.25, -0.2) is 9.78 Å². The van der Waals surface area contributed by atoms with Crippen LogP contribution >= 0.6 is 23.4 Å². The van der Waals surface area contributed by atoms with Gasteiger partial charge in [-0.1, -0.05) is 96.2 Å². The first-order valence-corrected chi connectivity index (χ1v) is 11.3. The number of halogens is 1. The summed E-state index contributed by atoms with van der Waals surface area (Å²) in [4.78, 5) is 29.0. The third-order valence-corrected chi connectivity index (χ3v) is 5.64. The van der Waals surface area contributed by atoms with E-state index in [9.17, 15) is 9.59 Å². The minimum atomic E-state index is -0.669. The summed E-state index contributed by atoms with van der Waals surface area (Å²) in [5, 5.41) is 14.1. The van der Waals surface area contributed by atoms with E-state index in [2.05, 4.69) is 25.8 Å². The van der Waals surface area contributed by atoms with Gasteiger partial charge in [0.25, 0.3) is 0 Å². The number of benzene rings is 3. The van der Waals surface area contributed by atoms with Crippen LogP contribution in [-0.4, -0.2) is 32.9 Å². The van der Waals surface area contributed by atoms with Crippen molar-refractivity contribution in [1.82, 2.24) is 20.5 Å². The predicted molar refractivity (Wildman–Crippen MR) is 130 cm³/mol. The number of rotatable bonds is 6. The average Bonchev–Trinajstić information content (AvgIpc) is 2.85. The largest absolute Gasteiger partial charge is 0.325 e. The molecule has 0 saturated heterocycles. The van der Waals surface area contributed by atoms with Gasteiger partial charge in [0.05, 0.1) is 16.5 Å². The normalized spacial score (nSPS) is 10.5. The van der Waals surface area contributed by atoms with Crippen LogP contribution in [0, 0.1) is 0 Å². The van der Waals surface area contributed by atoms with Gasteiger partial charge in [0.1, 0.15) is 11.4 Å². The maximum Gasteiger partial charge on any atom is 0.325 e. The number of hydrogen-bond donors (Lipinski definition) is 2. The molecule has 0 atom stereocenters. The van der Waals surface area contributed by atoms with Crippen molar-refractivity contribution in [1.29, 1.82) is 0 Å². The van der Waals surface area contributed by atoms with Gasteiger partial charge in [0, 0.05) is 11.1 Å². The van der Waals surface area contributed by atoms with Crippen LogP contribution in [0.4, 0.5) is 10.5 Å². The maximum atomic E-state index is 12.2. The summed E-state index contributed by atoms with van der Waals surface area (Å²) in [6.45, 7) is 0. The number of amides is 3. The molecule has 0 aliphatic heterocycles. The van der Waals surface area contributed by atoms with Crippen LogP contribution in [0.15, 0.2) is 90.1 Å². The Morgan fingerprint density at radius 1 is 0.788 bits per heavy atom. The Balaban J connectivity index is 1.45. The fourth-order valence-electron chi connectivity index (χ4n) is 2.97. The molecule has 0 fully saturated rings. The molecule has 7 nitrogen and oxygen atoms in total. The Bertz CT molecular complexity index is 1270. The van der Waals surface area contributed by atoms with Gasteiger partial charge in [-0.15, -0.1) is 10.2 Å². The number of anilines is 1. The molecule has 1 heterocycles. The summed E-state index contributed by atoms with van der Waals surface area (Å²) in [7, 11) is 0. The number of imide groups is 1. The summed E-state index contributed by atoms with van der Waals surface area (Å²) in [6.07, 6.45) is 0. The molecule has 164 valence electrons. The van der Waals surface area contributed by atoms with Crippen LogP contribution in [-0.2, 0) is 4.79 Å². The van der Waals surface area contributed by atoms with Crippen molar-refractivity contribution in [2.75, 3.05) is 11.1 Å². The van der Waals surface area contributed by atoms with Crippen molar-refractivity contribution < 1.29 is 9.59 Å². The van der Waals surface area contributed by atoms with Gasteiger partial charge in [-0.05, 0) is 12.1 Å². The van der Waals surface area contributed by atoms with Gasteiger partial charge in [0.2, 0.25) is 11.1 Å². The highest BCUT2D eigenvalue weighted by Gasteiger charge is 2.15. The van der Waals surface area contributed by atoms with Crippen LogP contribution in [0.5, 0.6) is 0 Å². The molecule has 0 radical (unpaired) electrons. The lowest BCUT2D eigenvalue weighted by Crippen LogP contribution is -2.35. The molecule has 0 unspecified atom stereocenters. The molecule has 9 heteroatoms. The van der Waals surface area contributed by atoms with Crippen LogP contribution in [0.25, 0.3) is 22.5 Å². The summed E-state index contributed by atoms with van der Waals surface area (Å²) in [5.41, 5.74) is 3.50. The zero-order valence-corrected chi connectivity index (χ0v) is 18.8. The maximum absolute atomic E-state index is 12.2. The lowest BCUT2D eigenvalue weighted by atomic mass is 10.0. The van der Waals surface area contributed by atoms with Gasteiger partial charge in [-0.3, -0.25) is 10.1 Å². The zero-order valence-electron chi connectivity index (χ0n) is 17.2. The minimum Gasteiger partial charge on any atom is -0.306 e. The topological polar surface area (TPSA) is 96.9 Å². The summed E-state index contributed by atoms with van der Waals surface area (Å²) >= 11 is 7.10. The van der Waals surface area contributed by atoms with Crippen molar-refractivity contribution in [3.63, 3.8) is 0 Å². The summed E-state index contributed by atoms with van der Waals surface area (Å²) < 4.78 is 0. The number of carbonyl (C=O) groups excluding carboxylic acids is 2. The average molecular weight is 476 g/mol. The van der Waals surface area contributed by atoms with E-state index < -0.39 is 11.9 Å². The second kappa shape index (κ2) is 10.7. The highest BCUT2D eigenvalue weighted by atomic mass is 35.5. The Kier molecular flexibility index (Phi) is 7.29. The SMILES string of the molecule is O=C(CSc1nnc(-c2ccccc2)c(-c2ccccc2)n1)NC(=O)Nc1ccccc1Cl. The summed E-state index contributed by atoms with van der Waals surface area (Å²) in [5.74, 6) is -0.558. The van der Waals surface area contributed by atoms with E-state index >= 15 is 0 Å². The van der Waals surface area contributed by atoms with E-state index in [0.29, 0.717) is 27.3 Å². The molecule has 2 N–H and O–H groups in total. The number of carbonyl (C=O) groups is 2. The minimum absolute atomic E-state index is 0.0590. The number of aromatic nitrogens is 3. The van der Waals surface area contributed by atoms with Crippen LogP contribution in [0.3, 0.4) is 0 Å². The van der Waals surface area contributed by atoms with E-state index in [1.165, 1.54) is 0 Å². The predicted octanol–water partition coefficient (Wildman–Crippen LogP) is 5.30. The Labute approximate surface area is 199 Å². The Hall–Kier alpha value is -3.75. The van der Waals surface area contributed by atoms with Crippen LogP contribution in [0.2, 0.25) is 5.02 Å². The third kappa shape index (κ3) is 5.94. The molecular formula is C24H18ClN5O2S. The monoisotopic (exact) mass is 475 g/mol. The molecule has 1 aromatic heterocycles. The van der Waals surface area contributed by atoms with Gasteiger partial charge in [0.15, 0.2) is 0 Å². The molecule has 3 aromatic carbocycles. The third-order valence-electron chi connectivity index (χ3n) is 4.47. The standard InChI is InChI=1S/C24H18ClN5O2S/c25-18-13-7-8-14-19(18)26-23(32)27-20(31)15-33-24-28-21(16-9-3-1-4-10-16)22(29-30-24)17-11-5-2-6-12-17/h1-14H,15H2,(H2,26,27,31,32). The van der Waals surface area contributed by atoms with Crippen molar-refractivity contribution >= 4 is 41.0 Å². The highest BCUT2D eigenvalue weighted by Crippen LogP contribution is 2.29. The lowest BCUT2D eigenvalue weighted by molar-refractivity contribution is -0.117. The first-order valence-electron chi connectivity index (χ1n) is 9.94. The lowest BCUT2D eigenvalue weighted by Gasteiger charge is -2.10. The highest BCUT2D eigenvalue weighted by molar-refractivity contribution is 7.99. The van der Waals surface area contributed by atoms with E-state index in [0.717, 1.165) is 22.9 Å². The second-order valence-corrected chi connectivity index (χ2v) is 8.14. The van der Waals surface area contributed by atoms with E-state index in [-0.39, 0.29) is 5.75 Å². The molecule has 0 aliphatic rings. The molecular weight excluding hydrogens is 458 g/mol. The molecule has 0 spiro atoms. The number of urea groups is 1. The molecule has 4 aromatic rings. The van der Waals surface area contributed by atoms with Crippen LogP contribution in [0.1, 0.15) is 0 Å². The number of hydrogen-bond acceptors (Lipinski definition) is 6. The number of nitrogens with zero attached hydrogens (tertiary/aromatic N) is 3. The molecule has 0 saturated carbocycles. The van der Waals surface area contributed by atoms with Crippen molar-refractivity contribution in [3.8, 4) is 22.5 Å². The molecule has 4 rings (SSSR count). The Morgan fingerprint density at radius 3 is 2.06 bits per heavy atom. The first kappa shape index (κ1) is 22.4. The number of para-hydroxylation sites is 1. The van der Waals surface area contributed by atoms with E-state index in [1.807, 2.05) is 60.7 Å². The molecule has 33 heavy (non-hydrogen) atoms. The summed E-state index contributed by atoms with van der Waals surface area (Å²) in [6, 6.07) is 25.4. The van der Waals surface area contributed by atoms with E-state index in [1.54, 1.807) is 24.3 Å². The van der Waals surface area contributed by atoms with Gasteiger partial charge in [-0.2, -0.15) is 0 Å². The van der Waals surface area contributed by atoms with Gasteiger partial charge < -0.3 is 5.32 Å². The number of thioether (sulfide) groups is 1. The zero-order chi connectivity index (χ0) is 23.0.